The second-order valence-corrected chi connectivity index (χ2v) is 5.71. The predicted molar refractivity (Wildman–Crippen MR) is 81.7 cm³/mol. The highest BCUT2D eigenvalue weighted by atomic mass is 35.5. The van der Waals surface area contributed by atoms with Crippen LogP contribution < -0.4 is 0 Å². The first-order chi connectivity index (χ1) is 9.66. The fourth-order valence-corrected chi connectivity index (χ4v) is 2.84. The molecule has 2 aromatic carbocycles. The van der Waals surface area contributed by atoms with Crippen LogP contribution in [0.15, 0.2) is 54.6 Å². The van der Waals surface area contributed by atoms with E-state index in [0.29, 0.717) is 6.04 Å². The zero-order valence-electron chi connectivity index (χ0n) is 11.7. The van der Waals surface area contributed by atoms with Crippen LogP contribution in [-0.4, -0.2) is 18.0 Å². The van der Waals surface area contributed by atoms with Crippen molar-refractivity contribution in [2.75, 3.05) is 7.05 Å². The molecule has 20 heavy (non-hydrogen) atoms. The van der Waals surface area contributed by atoms with Crippen LogP contribution in [-0.2, 0) is 4.74 Å². The summed E-state index contributed by atoms with van der Waals surface area (Å²) in [6, 6.07) is 18.6. The fourth-order valence-electron chi connectivity index (χ4n) is 2.72. The molecule has 0 amide bonds. The highest BCUT2D eigenvalue weighted by Crippen LogP contribution is 2.41. The fraction of sp³-hybridized carbons (Fsp3) is 0.294. The molecular formula is C17H18ClNO. The molecule has 1 saturated heterocycles. The van der Waals surface area contributed by atoms with Crippen LogP contribution in [0, 0.1) is 0 Å². The summed E-state index contributed by atoms with van der Waals surface area (Å²) in [7, 11) is 2.10. The van der Waals surface area contributed by atoms with Gasteiger partial charge in [0.1, 0.15) is 12.3 Å². The van der Waals surface area contributed by atoms with Crippen molar-refractivity contribution in [2.45, 2.75) is 25.3 Å². The molecule has 3 heteroatoms. The normalized spacial score (nSPS) is 26.9. The van der Waals surface area contributed by atoms with Crippen molar-refractivity contribution >= 4 is 11.6 Å². The number of ether oxygens (including phenoxy) is 1. The molecule has 3 rings (SSSR count). The van der Waals surface area contributed by atoms with Gasteiger partial charge in [0, 0.05) is 11.1 Å². The van der Waals surface area contributed by atoms with E-state index in [1.807, 2.05) is 30.3 Å². The Morgan fingerprint density at radius 1 is 0.950 bits per heavy atom. The molecule has 1 heterocycles. The SMILES string of the molecule is C[C@@H]1[C@H](c2ccccc2)O[C@H](c2ccc(Cl)cc2)N1C. The molecule has 1 fully saturated rings. The first-order valence-corrected chi connectivity index (χ1v) is 7.22. The monoisotopic (exact) mass is 287 g/mol. The maximum absolute atomic E-state index is 6.28. The second kappa shape index (κ2) is 5.57. The third-order valence-corrected chi connectivity index (χ3v) is 4.26. The van der Waals surface area contributed by atoms with Crippen LogP contribution >= 0.6 is 11.6 Å². The maximum Gasteiger partial charge on any atom is 0.137 e. The molecule has 0 bridgehead atoms. The van der Waals surface area contributed by atoms with Crippen molar-refractivity contribution in [1.82, 2.24) is 4.90 Å². The number of hydrogen-bond acceptors (Lipinski definition) is 2. The van der Waals surface area contributed by atoms with Gasteiger partial charge in [-0.2, -0.15) is 0 Å². The van der Waals surface area contributed by atoms with Gasteiger partial charge in [0.15, 0.2) is 0 Å². The first-order valence-electron chi connectivity index (χ1n) is 6.84. The molecule has 2 aromatic rings. The van der Waals surface area contributed by atoms with E-state index in [4.69, 9.17) is 16.3 Å². The lowest BCUT2D eigenvalue weighted by Gasteiger charge is -2.21. The number of halogens is 1. The topological polar surface area (TPSA) is 12.5 Å². The summed E-state index contributed by atoms with van der Waals surface area (Å²) in [5.74, 6) is 0. The van der Waals surface area contributed by atoms with Crippen LogP contribution in [0.25, 0.3) is 0 Å². The Bertz CT molecular complexity index is 569. The molecule has 1 aliphatic heterocycles. The third-order valence-electron chi connectivity index (χ3n) is 4.01. The molecule has 0 unspecified atom stereocenters. The van der Waals surface area contributed by atoms with Crippen molar-refractivity contribution in [1.29, 1.82) is 0 Å². The van der Waals surface area contributed by atoms with E-state index in [1.165, 1.54) is 5.56 Å². The van der Waals surface area contributed by atoms with Crippen LogP contribution in [0.5, 0.6) is 0 Å². The van der Waals surface area contributed by atoms with E-state index < -0.39 is 0 Å². The Labute approximate surface area is 124 Å². The number of benzene rings is 2. The standard InChI is InChI=1S/C17H18ClNO/c1-12-16(13-6-4-3-5-7-13)20-17(19(12)2)14-8-10-15(18)11-9-14/h3-12,16-17H,1-2H3/t12-,16-,17-/m1/s1. The van der Waals surface area contributed by atoms with Crippen LogP contribution in [0.3, 0.4) is 0 Å². The molecule has 1 aliphatic rings. The zero-order chi connectivity index (χ0) is 14.1. The predicted octanol–water partition coefficient (Wildman–Crippen LogP) is 4.43. The minimum atomic E-state index is -0.0209. The molecule has 2 nitrogen and oxygen atoms in total. The average Bonchev–Trinajstić information content (AvgIpc) is 2.77. The molecular weight excluding hydrogens is 270 g/mol. The van der Waals surface area contributed by atoms with E-state index in [9.17, 15) is 0 Å². The maximum atomic E-state index is 6.28. The molecule has 0 saturated carbocycles. The number of rotatable bonds is 2. The zero-order valence-corrected chi connectivity index (χ0v) is 12.4. The largest absolute Gasteiger partial charge is 0.349 e. The molecule has 104 valence electrons. The minimum Gasteiger partial charge on any atom is -0.349 e. The Balaban J connectivity index is 1.87. The first kappa shape index (κ1) is 13.6. The van der Waals surface area contributed by atoms with Crippen LogP contribution in [0.2, 0.25) is 5.02 Å². The lowest BCUT2D eigenvalue weighted by Crippen LogP contribution is -2.27. The van der Waals surface area contributed by atoms with Gasteiger partial charge in [-0.25, -0.2) is 0 Å². The summed E-state index contributed by atoms with van der Waals surface area (Å²) in [6.45, 7) is 2.20. The van der Waals surface area contributed by atoms with Crippen molar-refractivity contribution in [3.63, 3.8) is 0 Å². The van der Waals surface area contributed by atoms with Gasteiger partial charge in [0.25, 0.3) is 0 Å². The number of likely N-dealkylation sites (N-methyl/N-ethyl adjacent to an activating group) is 1. The minimum absolute atomic E-state index is 0.0209. The average molecular weight is 288 g/mol. The Hall–Kier alpha value is -1.35. The third kappa shape index (κ3) is 2.47. The van der Waals surface area contributed by atoms with Crippen molar-refractivity contribution in [3.8, 4) is 0 Å². The van der Waals surface area contributed by atoms with Crippen LogP contribution in [0.1, 0.15) is 30.4 Å². The molecule has 3 atom stereocenters. The summed E-state index contributed by atoms with van der Waals surface area (Å²) in [6.07, 6.45) is 0.0781. The Morgan fingerprint density at radius 2 is 1.60 bits per heavy atom. The van der Waals surface area contributed by atoms with Gasteiger partial charge in [-0.3, -0.25) is 4.90 Å². The van der Waals surface area contributed by atoms with E-state index in [1.54, 1.807) is 0 Å². The van der Waals surface area contributed by atoms with E-state index in [0.717, 1.165) is 10.6 Å². The lowest BCUT2D eigenvalue weighted by atomic mass is 10.0. The molecule has 0 N–H and O–H groups in total. The highest BCUT2D eigenvalue weighted by Gasteiger charge is 2.38. The Kier molecular flexibility index (Phi) is 3.79. The smallest absolute Gasteiger partial charge is 0.137 e. The van der Waals surface area contributed by atoms with Crippen molar-refractivity contribution < 1.29 is 4.74 Å². The van der Waals surface area contributed by atoms with Gasteiger partial charge in [-0.1, -0.05) is 54.1 Å². The molecule has 0 aliphatic carbocycles. The number of nitrogens with zero attached hydrogens (tertiary/aromatic N) is 1. The van der Waals surface area contributed by atoms with Gasteiger partial charge in [-0.05, 0) is 37.2 Å². The van der Waals surface area contributed by atoms with Crippen molar-refractivity contribution in [2.24, 2.45) is 0 Å². The highest BCUT2D eigenvalue weighted by molar-refractivity contribution is 6.30. The van der Waals surface area contributed by atoms with E-state index >= 15 is 0 Å². The molecule has 0 radical (unpaired) electrons. The summed E-state index contributed by atoms with van der Waals surface area (Å²) < 4.78 is 6.28. The summed E-state index contributed by atoms with van der Waals surface area (Å²) in [5.41, 5.74) is 2.37. The van der Waals surface area contributed by atoms with E-state index in [-0.39, 0.29) is 12.3 Å². The summed E-state index contributed by atoms with van der Waals surface area (Å²) in [4.78, 5) is 2.26. The van der Waals surface area contributed by atoms with Gasteiger partial charge in [0.05, 0.1) is 0 Å². The van der Waals surface area contributed by atoms with Gasteiger partial charge >= 0.3 is 0 Å². The molecule has 0 spiro atoms. The van der Waals surface area contributed by atoms with E-state index in [2.05, 4.69) is 43.1 Å². The van der Waals surface area contributed by atoms with Gasteiger partial charge < -0.3 is 4.74 Å². The lowest BCUT2D eigenvalue weighted by molar-refractivity contribution is 0.00560. The summed E-state index contributed by atoms with van der Waals surface area (Å²) >= 11 is 5.95. The van der Waals surface area contributed by atoms with Gasteiger partial charge in [0.2, 0.25) is 0 Å². The second-order valence-electron chi connectivity index (χ2n) is 5.28. The Morgan fingerprint density at radius 3 is 2.25 bits per heavy atom. The van der Waals surface area contributed by atoms with Gasteiger partial charge in [-0.15, -0.1) is 0 Å². The summed E-state index contributed by atoms with van der Waals surface area (Å²) in [5, 5.41) is 0.752. The quantitative estimate of drug-likeness (QED) is 0.810. The van der Waals surface area contributed by atoms with Crippen LogP contribution in [0.4, 0.5) is 0 Å². The van der Waals surface area contributed by atoms with Crippen molar-refractivity contribution in [3.05, 3.63) is 70.7 Å². The molecule has 0 aromatic heterocycles. The number of hydrogen-bond donors (Lipinski definition) is 0.